The summed E-state index contributed by atoms with van der Waals surface area (Å²) in [7, 11) is 0. The molecule has 0 atom stereocenters. The van der Waals surface area contributed by atoms with Gasteiger partial charge in [-0.15, -0.1) is 0 Å². The van der Waals surface area contributed by atoms with Gasteiger partial charge in [0.25, 0.3) is 0 Å². The molecule has 2 fully saturated rings. The molecule has 2 aliphatic rings. The minimum absolute atomic E-state index is 0.370. The zero-order valence-corrected chi connectivity index (χ0v) is 12.0. The SMILES string of the molecule is FC(F)(F)c1ccc(NC2CCC3(CCCC3)CC2)cn1. The predicted molar refractivity (Wildman–Crippen MR) is 76.0 cm³/mol. The lowest BCUT2D eigenvalue weighted by Crippen LogP contribution is -2.31. The highest BCUT2D eigenvalue weighted by atomic mass is 19.4. The lowest BCUT2D eigenvalue weighted by Gasteiger charge is -2.37. The van der Waals surface area contributed by atoms with Crippen LogP contribution in [0.2, 0.25) is 0 Å². The molecule has 21 heavy (non-hydrogen) atoms. The maximum atomic E-state index is 12.5. The van der Waals surface area contributed by atoms with Crippen LogP contribution in [0.1, 0.15) is 57.1 Å². The van der Waals surface area contributed by atoms with Crippen LogP contribution >= 0.6 is 0 Å². The molecular weight excluding hydrogens is 277 g/mol. The summed E-state index contributed by atoms with van der Waals surface area (Å²) in [5.41, 5.74) is 0.438. The quantitative estimate of drug-likeness (QED) is 0.829. The Bertz CT molecular complexity index is 465. The number of hydrogen-bond donors (Lipinski definition) is 1. The monoisotopic (exact) mass is 298 g/mol. The molecule has 1 aromatic heterocycles. The van der Waals surface area contributed by atoms with Crippen LogP contribution in [-0.4, -0.2) is 11.0 Å². The number of rotatable bonds is 2. The summed E-state index contributed by atoms with van der Waals surface area (Å²) in [5, 5.41) is 3.34. The Balaban J connectivity index is 1.55. The number of nitrogens with one attached hydrogen (secondary N) is 1. The van der Waals surface area contributed by atoms with Crippen molar-refractivity contribution in [1.82, 2.24) is 4.98 Å². The second-order valence-corrected chi connectivity index (χ2v) is 6.56. The summed E-state index contributed by atoms with van der Waals surface area (Å²) in [5.74, 6) is 0. The first-order valence-corrected chi connectivity index (χ1v) is 7.77. The van der Waals surface area contributed by atoms with Crippen molar-refractivity contribution in [2.24, 2.45) is 5.41 Å². The van der Waals surface area contributed by atoms with Gasteiger partial charge in [0.15, 0.2) is 0 Å². The molecule has 0 saturated heterocycles. The predicted octanol–water partition coefficient (Wildman–Crippen LogP) is 5.02. The molecule has 1 N–H and O–H groups in total. The van der Waals surface area contributed by atoms with E-state index in [1.807, 2.05) is 0 Å². The van der Waals surface area contributed by atoms with Crippen molar-refractivity contribution in [1.29, 1.82) is 0 Å². The van der Waals surface area contributed by atoms with E-state index < -0.39 is 11.9 Å². The highest BCUT2D eigenvalue weighted by Gasteiger charge is 2.37. The summed E-state index contributed by atoms with van der Waals surface area (Å²) < 4.78 is 37.4. The molecular formula is C16H21F3N2. The van der Waals surface area contributed by atoms with Crippen molar-refractivity contribution < 1.29 is 13.2 Å². The number of anilines is 1. The Labute approximate surface area is 123 Å². The van der Waals surface area contributed by atoms with Crippen LogP contribution in [0.4, 0.5) is 18.9 Å². The van der Waals surface area contributed by atoms with Gasteiger partial charge in [0.05, 0.1) is 11.9 Å². The topological polar surface area (TPSA) is 24.9 Å². The largest absolute Gasteiger partial charge is 0.433 e. The fourth-order valence-electron chi connectivity index (χ4n) is 3.88. The van der Waals surface area contributed by atoms with Gasteiger partial charge in [0.1, 0.15) is 5.69 Å². The van der Waals surface area contributed by atoms with Crippen molar-refractivity contribution in [2.45, 2.75) is 63.6 Å². The van der Waals surface area contributed by atoms with E-state index in [1.54, 1.807) is 0 Å². The molecule has 116 valence electrons. The van der Waals surface area contributed by atoms with Crippen LogP contribution in [0.3, 0.4) is 0 Å². The van der Waals surface area contributed by atoms with Gasteiger partial charge >= 0.3 is 6.18 Å². The van der Waals surface area contributed by atoms with E-state index in [-0.39, 0.29) is 0 Å². The number of nitrogens with zero attached hydrogens (tertiary/aromatic N) is 1. The van der Waals surface area contributed by atoms with Gasteiger partial charge in [-0.1, -0.05) is 12.8 Å². The van der Waals surface area contributed by atoms with E-state index in [0.29, 0.717) is 17.1 Å². The first-order chi connectivity index (χ1) is 9.97. The second-order valence-electron chi connectivity index (χ2n) is 6.56. The zero-order chi connectivity index (χ0) is 14.9. The maximum Gasteiger partial charge on any atom is 0.433 e. The zero-order valence-electron chi connectivity index (χ0n) is 12.0. The van der Waals surface area contributed by atoms with Gasteiger partial charge in [0.2, 0.25) is 0 Å². The lowest BCUT2D eigenvalue weighted by molar-refractivity contribution is -0.141. The third-order valence-electron chi connectivity index (χ3n) is 5.14. The highest BCUT2D eigenvalue weighted by Crippen LogP contribution is 2.49. The van der Waals surface area contributed by atoms with E-state index in [2.05, 4.69) is 10.3 Å². The molecule has 0 aliphatic heterocycles. The molecule has 3 rings (SSSR count). The number of aromatic nitrogens is 1. The third kappa shape index (κ3) is 3.33. The summed E-state index contributed by atoms with van der Waals surface area (Å²) in [6, 6.07) is 2.90. The molecule has 1 aromatic rings. The van der Waals surface area contributed by atoms with Crippen molar-refractivity contribution in [2.75, 3.05) is 5.32 Å². The van der Waals surface area contributed by atoms with Gasteiger partial charge < -0.3 is 5.32 Å². The van der Waals surface area contributed by atoms with Crippen LogP contribution < -0.4 is 5.32 Å². The van der Waals surface area contributed by atoms with E-state index >= 15 is 0 Å². The molecule has 1 spiro atoms. The molecule has 2 aliphatic carbocycles. The lowest BCUT2D eigenvalue weighted by atomic mass is 9.71. The summed E-state index contributed by atoms with van der Waals surface area (Å²) in [6.07, 6.45) is 7.10. The third-order valence-corrected chi connectivity index (χ3v) is 5.14. The van der Waals surface area contributed by atoms with Gasteiger partial charge in [-0.2, -0.15) is 13.2 Å². The Morgan fingerprint density at radius 2 is 1.71 bits per heavy atom. The number of hydrogen-bond acceptors (Lipinski definition) is 2. The molecule has 0 amide bonds. The standard InChI is InChI=1S/C16H21F3N2/c17-16(18,19)14-4-3-13(11-20-14)21-12-5-9-15(10-6-12)7-1-2-8-15/h3-4,11-12,21H,1-2,5-10H2. The fourth-order valence-corrected chi connectivity index (χ4v) is 3.88. The van der Waals surface area contributed by atoms with E-state index in [0.717, 1.165) is 18.9 Å². The smallest absolute Gasteiger partial charge is 0.381 e. The maximum absolute atomic E-state index is 12.5. The van der Waals surface area contributed by atoms with Crippen LogP contribution in [-0.2, 0) is 6.18 Å². The molecule has 0 aromatic carbocycles. The van der Waals surface area contributed by atoms with Crippen LogP contribution in [0.15, 0.2) is 18.3 Å². The summed E-state index contributed by atoms with van der Waals surface area (Å²) in [6.45, 7) is 0. The van der Waals surface area contributed by atoms with E-state index in [9.17, 15) is 13.2 Å². The van der Waals surface area contributed by atoms with Crippen LogP contribution in [0.25, 0.3) is 0 Å². The Kier molecular flexibility index (Phi) is 3.84. The molecule has 5 heteroatoms. The molecule has 0 bridgehead atoms. The molecule has 2 nitrogen and oxygen atoms in total. The Hall–Kier alpha value is -1.26. The first kappa shape index (κ1) is 14.7. The van der Waals surface area contributed by atoms with Gasteiger partial charge in [-0.3, -0.25) is 0 Å². The van der Waals surface area contributed by atoms with Gasteiger partial charge in [0, 0.05) is 6.04 Å². The minimum Gasteiger partial charge on any atom is -0.381 e. The van der Waals surface area contributed by atoms with Crippen molar-refractivity contribution >= 4 is 5.69 Å². The Morgan fingerprint density at radius 3 is 2.24 bits per heavy atom. The molecule has 2 saturated carbocycles. The minimum atomic E-state index is -4.36. The number of halogens is 3. The molecule has 0 unspecified atom stereocenters. The average molecular weight is 298 g/mol. The normalized spacial score (nSPS) is 22.6. The fraction of sp³-hybridized carbons (Fsp3) is 0.688. The van der Waals surface area contributed by atoms with Crippen LogP contribution in [0.5, 0.6) is 0 Å². The average Bonchev–Trinajstić information content (AvgIpc) is 2.90. The van der Waals surface area contributed by atoms with Crippen molar-refractivity contribution in [3.8, 4) is 0 Å². The highest BCUT2D eigenvalue weighted by molar-refractivity contribution is 5.42. The number of alkyl halides is 3. The van der Waals surface area contributed by atoms with Gasteiger partial charge in [-0.05, 0) is 56.1 Å². The molecule has 0 radical (unpaired) electrons. The van der Waals surface area contributed by atoms with Crippen molar-refractivity contribution in [3.63, 3.8) is 0 Å². The van der Waals surface area contributed by atoms with E-state index in [4.69, 9.17) is 0 Å². The Morgan fingerprint density at radius 1 is 1.05 bits per heavy atom. The second kappa shape index (κ2) is 5.50. The number of pyridine rings is 1. The van der Waals surface area contributed by atoms with E-state index in [1.165, 1.54) is 50.8 Å². The molecule has 1 heterocycles. The summed E-state index contributed by atoms with van der Waals surface area (Å²) >= 11 is 0. The summed E-state index contributed by atoms with van der Waals surface area (Å²) in [4.78, 5) is 3.50. The van der Waals surface area contributed by atoms with Gasteiger partial charge in [-0.25, -0.2) is 4.98 Å². The van der Waals surface area contributed by atoms with Crippen molar-refractivity contribution in [3.05, 3.63) is 24.0 Å². The van der Waals surface area contributed by atoms with Crippen LogP contribution in [0, 0.1) is 5.41 Å². The first-order valence-electron chi connectivity index (χ1n) is 7.77.